The minimum atomic E-state index is -0.510. The monoisotopic (exact) mass is 326 g/mol. The Morgan fingerprint density at radius 3 is 2.36 bits per heavy atom. The molecule has 122 valence electrons. The molecule has 1 aromatic rings. The predicted molar refractivity (Wildman–Crippen MR) is 83.0 cm³/mol. The first kappa shape index (κ1) is 16.7. The van der Waals surface area contributed by atoms with Crippen molar-refractivity contribution in [1.82, 2.24) is 19.4 Å². The summed E-state index contributed by atoms with van der Waals surface area (Å²) in [6, 6.07) is 0. The zero-order valence-corrected chi connectivity index (χ0v) is 14.3. The Morgan fingerprint density at radius 2 is 1.77 bits per heavy atom. The van der Waals surface area contributed by atoms with Crippen LogP contribution in [0.1, 0.15) is 42.6 Å². The van der Waals surface area contributed by atoms with Gasteiger partial charge in [0, 0.05) is 26.2 Å². The highest BCUT2D eigenvalue weighted by Gasteiger charge is 2.27. The van der Waals surface area contributed by atoms with Crippen LogP contribution in [-0.2, 0) is 4.74 Å². The van der Waals surface area contributed by atoms with Crippen molar-refractivity contribution in [2.24, 2.45) is 0 Å². The molecule has 0 aliphatic carbocycles. The molecule has 0 bridgehead atoms. The summed E-state index contributed by atoms with van der Waals surface area (Å²) >= 11 is 1.12. The second kappa shape index (κ2) is 6.60. The van der Waals surface area contributed by atoms with Crippen LogP contribution in [0.3, 0.4) is 0 Å². The molecule has 0 atom stereocenters. The minimum absolute atomic E-state index is 0.0569. The van der Waals surface area contributed by atoms with Crippen molar-refractivity contribution in [1.29, 1.82) is 0 Å². The summed E-state index contributed by atoms with van der Waals surface area (Å²) in [5.74, 6) is -0.0569. The maximum atomic E-state index is 12.5. The van der Waals surface area contributed by atoms with E-state index < -0.39 is 5.60 Å². The molecule has 1 saturated heterocycles. The fourth-order valence-corrected chi connectivity index (χ4v) is 2.83. The van der Waals surface area contributed by atoms with Gasteiger partial charge in [0.15, 0.2) is 0 Å². The number of aromatic nitrogens is 2. The van der Waals surface area contributed by atoms with Gasteiger partial charge in [-0.3, -0.25) is 4.79 Å². The van der Waals surface area contributed by atoms with E-state index in [9.17, 15) is 9.59 Å². The van der Waals surface area contributed by atoms with E-state index in [1.807, 2.05) is 20.8 Å². The van der Waals surface area contributed by atoms with Crippen LogP contribution in [0.5, 0.6) is 0 Å². The number of nitrogens with zero attached hydrogens (tertiary/aromatic N) is 4. The SMILES string of the molecule is Cc1nnsc1C(=O)N1CCCN(C(=O)OC(C)(C)C)CC1. The van der Waals surface area contributed by atoms with Crippen molar-refractivity contribution in [2.45, 2.75) is 39.7 Å². The first-order valence-corrected chi connectivity index (χ1v) is 8.11. The van der Waals surface area contributed by atoms with Crippen LogP contribution in [0.4, 0.5) is 4.79 Å². The van der Waals surface area contributed by atoms with Gasteiger partial charge in [-0.15, -0.1) is 5.10 Å². The Labute approximate surface area is 134 Å². The van der Waals surface area contributed by atoms with Gasteiger partial charge in [-0.25, -0.2) is 4.79 Å². The molecule has 1 aliphatic heterocycles. The molecule has 0 radical (unpaired) electrons. The van der Waals surface area contributed by atoms with Gasteiger partial charge in [0.1, 0.15) is 10.5 Å². The van der Waals surface area contributed by atoms with E-state index in [0.29, 0.717) is 36.8 Å². The lowest BCUT2D eigenvalue weighted by atomic mass is 10.2. The molecular weight excluding hydrogens is 304 g/mol. The molecule has 1 aromatic heterocycles. The third-order valence-electron chi connectivity index (χ3n) is 3.28. The molecule has 0 N–H and O–H groups in total. The predicted octanol–water partition coefficient (Wildman–Crippen LogP) is 1.93. The van der Waals surface area contributed by atoms with Crippen molar-refractivity contribution in [2.75, 3.05) is 26.2 Å². The van der Waals surface area contributed by atoms with Gasteiger partial charge in [0.2, 0.25) is 0 Å². The Balaban J connectivity index is 1.97. The number of hydrogen-bond donors (Lipinski definition) is 0. The number of rotatable bonds is 1. The number of carbonyl (C=O) groups excluding carboxylic acids is 2. The van der Waals surface area contributed by atoms with Gasteiger partial charge in [0.25, 0.3) is 5.91 Å². The van der Waals surface area contributed by atoms with Crippen LogP contribution in [-0.4, -0.2) is 63.2 Å². The third kappa shape index (κ3) is 4.16. The number of hydrogen-bond acceptors (Lipinski definition) is 6. The van der Waals surface area contributed by atoms with Crippen LogP contribution < -0.4 is 0 Å². The summed E-state index contributed by atoms with van der Waals surface area (Å²) in [5, 5.41) is 3.88. The van der Waals surface area contributed by atoms with Crippen molar-refractivity contribution in [3.05, 3.63) is 10.6 Å². The lowest BCUT2D eigenvalue weighted by molar-refractivity contribution is 0.0255. The second-order valence-electron chi connectivity index (χ2n) is 6.30. The van der Waals surface area contributed by atoms with Crippen molar-refractivity contribution >= 4 is 23.5 Å². The van der Waals surface area contributed by atoms with Crippen LogP contribution in [0.2, 0.25) is 0 Å². The maximum absolute atomic E-state index is 12.5. The summed E-state index contributed by atoms with van der Waals surface area (Å²) in [5.41, 5.74) is 0.146. The Kier molecular flexibility index (Phi) is 5.00. The van der Waals surface area contributed by atoms with Crippen LogP contribution in [0, 0.1) is 6.92 Å². The molecule has 0 aromatic carbocycles. The third-order valence-corrected chi connectivity index (χ3v) is 4.10. The molecule has 0 unspecified atom stereocenters. The Bertz CT molecular complexity index is 553. The molecule has 2 rings (SSSR count). The van der Waals surface area contributed by atoms with Crippen molar-refractivity contribution < 1.29 is 14.3 Å². The summed E-state index contributed by atoms with van der Waals surface area (Å²) < 4.78 is 9.19. The standard InChI is InChI=1S/C14H22N4O3S/c1-10-11(22-16-15-10)12(19)17-6-5-7-18(9-8-17)13(20)21-14(2,3)4/h5-9H2,1-4H3. The summed E-state index contributed by atoms with van der Waals surface area (Å²) in [6.07, 6.45) is 0.411. The Hall–Kier alpha value is -1.70. The minimum Gasteiger partial charge on any atom is -0.444 e. The van der Waals surface area contributed by atoms with Crippen molar-refractivity contribution in [3.8, 4) is 0 Å². The van der Waals surface area contributed by atoms with E-state index >= 15 is 0 Å². The molecule has 8 heteroatoms. The molecule has 22 heavy (non-hydrogen) atoms. The van der Waals surface area contributed by atoms with Gasteiger partial charge in [-0.05, 0) is 45.6 Å². The second-order valence-corrected chi connectivity index (χ2v) is 7.05. The van der Waals surface area contributed by atoms with E-state index in [2.05, 4.69) is 9.59 Å². The first-order valence-electron chi connectivity index (χ1n) is 7.34. The molecule has 0 spiro atoms. The highest BCUT2D eigenvalue weighted by atomic mass is 32.1. The lowest BCUT2D eigenvalue weighted by Crippen LogP contribution is -2.40. The van der Waals surface area contributed by atoms with E-state index in [1.54, 1.807) is 16.7 Å². The van der Waals surface area contributed by atoms with Crippen molar-refractivity contribution in [3.63, 3.8) is 0 Å². The van der Waals surface area contributed by atoms with Gasteiger partial charge < -0.3 is 14.5 Å². The number of carbonyl (C=O) groups is 2. The van der Waals surface area contributed by atoms with Gasteiger partial charge >= 0.3 is 6.09 Å². The molecule has 2 heterocycles. The first-order chi connectivity index (χ1) is 10.3. The zero-order valence-electron chi connectivity index (χ0n) is 13.5. The summed E-state index contributed by atoms with van der Waals surface area (Å²) in [7, 11) is 0. The average molecular weight is 326 g/mol. The van der Waals surface area contributed by atoms with Gasteiger partial charge in [-0.1, -0.05) is 4.49 Å². The molecule has 1 aliphatic rings. The van der Waals surface area contributed by atoms with Crippen LogP contribution in [0.25, 0.3) is 0 Å². The molecule has 1 fully saturated rings. The van der Waals surface area contributed by atoms with Gasteiger partial charge in [-0.2, -0.15) is 0 Å². The Morgan fingerprint density at radius 1 is 1.14 bits per heavy atom. The molecule has 0 saturated carbocycles. The van der Waals surface area contributed by atoms with E-state index in [1.165, 1.54) is 0 Å². The quantitative estimate of drug-likeness (QED) is 0.788. The van der Waals surface area contributed by atoms with Crippen LogP contribution in [0.15, 0.2) is 0 Å². The van der Waals surface area contributed by atoms with E-state index in [-0.39, 0.29) is 12.0 Å². The highest BCUT2D eigenvalue weighted by Crippen LogP contribution is 2.16. The number of amides is 2. The van der Waals surface area contributed by atoms with Gasteiger partial charge in [0.05, 0.1) is 5.69 Å². The average Bonchev–Trinajstić information content (AvgIpc) is 2.70. The fourth-order valence-electron chi connectivity index (χ4n) is 2.20. The molecular formula is C14H22N4O3S. The molecule has 7 nitrogen and oxygen atoms in total. The topological polar surface area (TPSA) is 75.6 Å². The zero-order chi connectivity index (χ0) is 16.3. The summed E-state index contributed by atoms with van der Waals surface area (Å²) in [6.45, 7) is 9.51. The van der Waals surface area contributed by atoms with E-state index in [0.717, 1.165) is 18.0 Å². The normalized spacial score (nSPS) is 16.4. The smallest absolute Gasteiger partial charge is 0.410 e. The van der Waals surface area contributed by atoms with E-state index in [4.69, 9.17) is 4.74 Å². The highest BCUT2D eigenvalue weighted by molar-refractivity contribution is 7.07. The number of aryl methyl sites for hydroxylation is 1. The summed E-state index contributed by atoms with van der Waals surface area (Å²) in [4.78, 5) is 28.6. The lowest BCUT2D eigenvalue weighted by Gasteiger charge is -2.26. The maximum Gasteiger partial charge on any atom is 0.410 e. The molecule has 2 amide bonds. The number of ether oxygens (including phenoxy) is 1. The van der Waals surface area contributed by atoms with Crippen LogP contribution >= 0.6 is 11.5 Å². The fraction of sp³-hybridized carbons (Fsp3) is 0.714. The largest absolute Gasteiger partial charge is 0.444 e.